The quantitative estimate of drug-likeness (QED) is 0.344. The lowest BCUT2D eigenvalue weighted by Crippen LogP contribution is -2.42. The summed E-state index contributed by atoms with van der Waals surface area (Å²) in [6.45, 7) is 6.13. The van der Waals surface area contributed by atoms with Crippen molar-refractivity contribution >= 4 is 31.6 Å². The maximum atomic E-state index is 15.6. The SMILES string of the molecule is C[C@H]1[C@H]([Si](C)(C)F)[C@@H](CC(=O)N2CCC[C@H]2CO)O[C@H]1CCc1cccc(N2C(=O)CCc3ccccc32)c1. The Morgan fingerprint density at radius 3 is 2.69 bits per heavy atom. The molecular formula is C31H41FN2O4Si. The Morgan fingerprint density at radius 1 is 1.13 bits per heavy atom. The highest BCUT2D eigenvalue weighted by Gasteiger charge is 2.52. The van der Waals surface area contributed by atoms with Crippen LogP contribution in [0.4, 0.5) is 15.5 Å². The first-order valence-corrected chi connectivity index (χ1v) is 17.4. The van der Waals surface area contributed by atoms with Gasteiger partial charge in [0.2, 0.25) is 20.2 Å². The van der Waals surface area contributed by atoms with Crippen molar-refractivity contribution in [2.75, 3.05) is 18.1 Å². The van der Waals surface area contributed by atoms with Gasteiger partial charge >= 0.3 is 0 Å². The summed E-state index contributed by atoms with van der Waals surface area (Å²) < 4.78 is 22.0. The van der Waals surface area contributed by atoms with E-state index in [0.717, 1.165) is 49.0 Å². The second-order valence-corrected chi connectivity index (χ2v) is 15.8. The van der Waals surface area contributed by atoms with Gasteiger partial charge in [0.05, 0.1) is 37.0 Å². The van der Waals surface area contributed by atoms with Gasteiger partial charge in [0.1, 0.15) is 0 Å². The summed E-state index contributed by atoms with van der Waals surface area (Å²) in [4.78, 5) is 29.6. The van der Waals surface area contributed by atoms with E-state index in [1.165, 1.54) is 5.56 Å². The predicted octanol–water partition coefficient (Wildman–Crippen LogP) is 5.55. The zero-order valence-electron chi connectivity index (χ0n) is 23.3. The number of aliphatic hydroxyl groups excluding tert-OH is 1. The zero-order valence-corrected chi connectivity index (χ0v) is 24.3. The molecule has 3 aliphatic heterocycles. The number of fused-ring (bicyclic) bond motifs is 1. The molecule has 5 rings (SSSR count). The molecule has 3 aliphatic rings. The minimum atomic E-state index is -3.09. The highest BCUT2D eigenvalue weighted by Crippen LogP contribution is 2.47. The molecule has 2 fully saturated rings. The second-order valence-electron chi connectivity index (χ2n) is 12.0. The van der Waals surface area contributed by atoms with Crippen molar-refractivity contribution in [2.24, 2.45) is 5.92 Å². The first-order valence-electron chi connectivity index (χ1n) is 14.4. The average molecular weight is 553 g/mol. The largest absolute Gasteiger partial charge is 0.394 e. The molecule has 2 amide bonds. The van der Waals surface area contributed by atoms with Crippen LogP contribution in [0.25, 0.3) is 0 Å². The summed E-state index contributed by atoms with van der Waals surface area (Å²) in [6, 6.07) is 16.0. The Hall–Kier alpha value is -2.55. The van der Waals surface area contributed by atoms with Crippen molar-refractivity contribution < 1.29 is 23.5 Å². The molecule has 0 aromatic heterocycles. The molecule has 0 unspecified atom stereocenters. The zero-order chi connectivity index (χ0) is 27.7. The molecule has 0 radical (unpaired) electrons. The van der Waals surface area contributed by atoms with Gasteiger partial charge in [0.25, 0.3) is 0 Å². The third-order valence-corrected chi connectivity index (χ3v) is 11.4. The number of benzene rings is 2. The van der Waals surface area contributed by atoms with E-state index in [-0.39, 0.29) is 48.4 Å². The molecule has 2 saturated heterocycles. The Labute approximate surface area is 232 Å². The standard InChI is InChI=1S/C31H41FN2O4Si/c1-21-27(38-28(31(21)39(2,3)32)19-30(37)33-17-7-11-25(33)20-35)15-13-22-8-6-10-24(18-22)34-26-12-5-4-9-23(26)14-16-29(34)36/h4-6,8-10,12,18,21,25,27-28,31,35H,7,11,13-17,19-20H2,1-3H3/t21-,25+,27+,28-,31+/m1/s1. The molecule has 5 atom stereocenters. The fraction of sp³-hybridized carbons (Fsp3) is 0.548. The Balaban J connectivity index is 1.28. The molecular weight excluding hydrogens is 511 g/mol. The lowest BCUT2D eigenvalue weighted by molar-refractivity contribution is -0.135. The Kier molecular flexibility index (Phi) is 8.26. The molecule has 8 heteroatoms. The van der Waals surface area contributed by atoms with E-state index in [1.807, 2.05) is 35.2 Å². The van der Waals surface area contributed by atoms with Crippen LogP contribution in [0, 0.1) is 5.92 Å². The molecule has 2 aromatic carbocycles. The molecule has 0 saturated carbocycles. The van der Waals surface area contributed by atoms with Crippen molar-refractivity contribution in [2.45, 2.75) is 88.8 Å². The number of ether oxygens (including phenoxy) is 1. The van der Waals surface area contributed by atoms with Crippen LogP contribution in [0.15, 0.2) is 48.5 Å². The van der Waals surface area contributed by atoms with Gasteiger partial charge < -0.3 is 18.9 Å². The van der Waals surface area contributed by atoms with Crippen LogP contribution < -0.4 is 4.90 Å². The maximum absolute atomic E-state index is 15.6. The van der Waals surface area contributed by atoms with Gasteiger partial charge in [0.15, 0.2) is 0 Å². The van der Waals surface area contributed by atoms with Crippen LogP contribution in [0.5, 0.6) is 0 Å². The van der Waals surface area contributed by atoms with Gasteiger partial charge in [-0.3, -0.25) is 14.5 Å². The Morgan fingerprint density at radius 2 is 1.92 bits per heavy atom. The van der Waals surface area contributed by atoms with E-state index in [2.05, 4.69) is 25.1 Å². The minimum absolute atomic E-state index is 0.0143. The lowest BCUT2D eigenvalue weighted by atomic mass is 9.94. The number of aryl methyl sites for hydroxylation is 2. The van der Waals surface area contributed by atoms with E-state index in [9.17, 15) is 14.7 Å². The predicted molar refractivity (Wildman–Crippen MR) is 153 cm³/mol. The summed E-state index contributed by atoms with van der Waals surface area (Å²) in [5.74, 6) is 0.0813. The molecule has 210 valence electrons. The highest BCUT2D eigenvalue weighted by molar-refractivity contribution is 6.72. The highest BCUT2D eigenvalue weighted by atomic mass is 28.4. The maximum Gasteiger partial charge on any atom is 0.246 e. The summed E-state index contributed by atoms with van der Waals surface area (Å²) in [6.07, 6.45) is 4.04. The van der Waals surface area contributed by atoms with Crippen molar-refractivity contribution in [3.05, 3.63) is 59.7 Å². The van der Waals surface area contributed by atoms with E-state index in [0.29, 0.717) is 13.0 Å². The first-order chi connectivity index (χ1) is 18.7. The number of nitrogens with zero attached hydrogens (tertiary/aromatic N) is 2. The first kappa shape index (κ1) is 28.0. The molecule has 39 heavy (non-hydrogen) atoms. The minimum Gasteiger partial charge on any atom is -0.394 e. The summed E-state index contributed by atoms with van der Waals surface area (Å²) in [5.41, 5.74) is 3.85. The van der Waals surface area contributed by atoms with Crippen LogP contribution in [-0.2, 0) is 27.2 Å². The number of likely N-dealkylation sites (tertiary alicyclic amines) is 1. The van der Waals surface area contributed by atoms with Gasteiger partial charge in [-0.2, -0.15) is 0 Å². The third kappa shape index (κ3) is 5.83. The van der Waals surface area contributed by atoms with Crippen molar-refractivity contribution in [1.29, 1.82) is 0 Å². The number of halogens is 1. The van der Waals surface area contributed by atoms with Gasteiger partial charge in [-0.15, -0.1) is 0 Å². The third-order valence-electron chi connectivity index (χ3n) is 8.96. The fourth-order valence-electron chi connectivity index (χ4n) is 7.09. The molecule has 1 N–H and O–H groups in total. The molecule has 2 aromatic rings. The van der Waals surface area contributed by atoms with Crippen molar-refractivity contribution in [1.82, 2.24) is 4.90 Å². The fourth-order valence-corrected chi connectivity index (χ4v) is 9.64. The van der Waals surface area contributed by atoms with Gasteiger partial charge in [-0.05, 0) is 80.4 Å². The van der Waals surface area contributed by atoms with Crippen molar-refractivity contribution in [3.63, 3.8) is 0 Å². The molecule has 3 heterocycles. The lowest BCUT2D eigenvalue weighted by Gasteiger charge is -2.30. The smallest absolute Gasteiger partial charge is 0.246 e. The monoisotopic (exact) mass is 552 g/mol. The number of carbonyl (C=O) groups excluding carboxylic acids is 2. The van der Waals surface area contributed by atoms with Crippen molar-refractivity contribution in [3.8, 4) is 0 Å². The van der Waals surface area contributed by atoms with Crippen LogP contribution in [0.2, 0.25) is 18.6 Å². The number of hydrogen-bond donors (Lipinski definition) is 1. The number of aliphatic hydroxyl groups is 1. The van der Waals surface area contributed by atoms with Gasteiger partial charge in [0, 0.05) is 24.2 Å². The van der Waals surface area contributed by atoms with Crippen LogP contribution in [-0.4, -0.2) is 61.6 Å². The van der Waals surface area contributed by atoms with E-state index < -0.39 is 14.5 Å². The number of anilines is 2. The Bertz CT molecular complexity index is 1200. The number of hydrogen-bond acceptors (Lipinski definition) is 4. The van der Waals surface area contributed by atoms with Crippen LogP contribution in [0.1, 0.15) is 50.2 Å². The average Bonchev–Trinajstić information content (AvgIpc) is 3.51. The topological polar surface area (TPSA) is 70.1 Å². The summed E-state index contributed by atoms with van der Waals surface area (Å²) in [5, 5.41) is 9.66. The summed E-state index contributed by atoms with van der Waals surface area (Å²) >= 11 is 0. The number of para-hydroxylation sites is 1. The summed E-state index contributed by atoms with van der Waals surface area (Å²) in [7, 11) is -3.09. The van der Waals surface area contributed by atoms with Gasteiger partial charge in [-0.25, -0.2) is 0 Å². The number of amides is 2. The van der Waals surface area contributed by atoms with E-state index in [1.54, 1.807) is 18.0 Å². The number of carbonyl (C=O) groups is 2. The van der Waals surface area contributed by atoms with E-state index >= 15 is 4.11 Å². The molecule has 0 bridgehead atoms. The molecule has 6 nitrogen and oxygen atoms in total. The normalized spacial score (nSPS) is 27.2. The molecule has 0 aliphatic carbocycles. The second kappa shape index (κ2) is 11.5. The van der Waals surface area contributed by atoms with Gasteiger partial charge in [-0.1, -0.05) is 37.3 Å². The number of rotatable bonds is 8. The van der Waals surface area contributed by atoms with Crippen LogP contribution >= 0.6 is 0 Å². The van der Waals surface area contributed by atoms with E-state index in [4.69, 9.17) is 4.74 Å². The molecule has 0 spiro atoms. The van der Waals surface area contributed by atoms with Crippen LogP contribution in [0.3, 0.4) is 0 Å².